The number of nitrogens with zero attached hydrogens (tertiary/aromatic N) is 1. The summed E-state index contributed by atoms with van der Waals surface area (Å²) in [4.78, 5) is 0. The second-order valence-electron chi connectivity index (χ2n) is 4.02. The van der Waals surface area contributed by atoms with Crippen LogP contribution in [0.2, 0.25) is 0 Å². The maximum absolute atomic E-state index is 5.92. The van der Waals surface area contributed by atoms with Crippen molar-refractivity contribution >= 4 is 16.6 Å². The minimum Gasteiger partial charge on any atom is -0.398 e. The van der Waals surface area contributed by atoms with Gasteiger partial charge in [0.15, 0.2) is 0 Å². The molecular formula is C12H14N2O. The highest BCUT2D eigenvalue weighted by Crippen LogP contribution is 2.28. The number of benzene rings is 1. The summed E-state index contributed by atoms with van der Waals surface area (Å²) in [6, 6.07) is 8.62. The number of rotatable bonds is 1. The first kappa shape index (κ1) is 8.80. The van der Waals surface area contributed by atoms with E-state index in [0.717, 1.165) is 30.7 Å². The van der Waals surface area contributed by atoms with Crippen LogP contribution in [-0.4, -0.2) is 17.8 Å². The Morgan fingerprint density at radius 3 is 3.07 bits per heavy atom. The van der Waals surface area contributed by atoms with E-state index >= 15 is 0 Å². The summed E-state index contributed by atoms with van der Waals surface area (Å²) >= 11 is 0. The zero-order valence-electron chi connectivity index (χ0n) is 8.52. The largest absolute Gasteiger partial charge is 0.398 e. The van der Waals surface area contributed by atoms with Crippen LogP contribution in [0.5, 0.6) is 0 Å². The Morgan fingerprint density at radius 1 is 1.33 bits per heavy atom. The van der Waals surface area contributed by atoms with E-state index in [1.54, 1.807) is 0 Å². The van der Waals surface area contributed by atoms with Crippen molar-refractivity contribution in [3.63, 3.8) is 0 Å². The zero-order valence-corrected chi connectivity index (χ0v) is 8.52. The first-order valence-corrected chi connectivity index (χ1v) is 5.29. The number of fused-ring (bicyclic) bond motifs is 1. The van der Waals surface area contributed by atoms with Crippen LogP contribution >= 0.6 is 0 Å². The molecule has 1 aliphatic heterocycles. The van der Waals surface area contributed by atoms with Gasteiger partial charge in [-0.3, -0.25) is 0 Å². The van der Waals surface area contributed by atoms with Gasteiger partial charge in [0.05, 0.1) is 18.2 Å². The van der Waals surface area contributed by atoms with E-state index in [2.05, 4.69) is 22.9 Å². The minimum atomic E-state index is 0.476. The summed E-state index contributed by atoms with van der Waals surface area (Å²) < 4.78 is 7.68. The van der Waals surface area contributed by atoms with Crippen molar-refractivity contribution in [1.29, 1.82) is 0 Å². The summed E-state index contributed by atoms with van der Waals surface area (Å²) in [5.74, 6) is 0. The van der Waals surface area contributed by atoms with Gasteiger partial charge in [-0.1, -0.05) is 6.07 Å². The molecule has 1 aromatic heterocycles. The molecule has 78 valence electrons. The van der Waals surface area contributed by atoms with E-state index in [9.17, 15) is 0 Å². The van der Waals surface area contributed by atoms with Crippen LogP contribution < -0.4 is 5.73 Å². The van der Waals surface area contributed by atoms with E-state index in [-0.39, 0.29) is 0 Å². The van der Waals surface area contributed by atoms with E-state index in [4.69, 9.17) is 10.5 Å². The molecule has 1 aromatic carbocycles. The zero-order chi connectivity index (χ0) is 10.3. The molecule has 1 atom stereocenters. The fourth-order valence-electron chi connectivity index (χ4n) is 2.27. The van der Waals surface area contributed by atoms with Crippen molar-refractivity contribution in [2.45, 2.75) is 12.5 Å². The normalized spacial score (nSPS) is 21.2. The molecule has 0 radical (unpaired) electrons. The number of nitrogens with two attached hydrogens (primary N) is 1. The molecule has 2 aromatic rings. The van der Waals surface area contributed by atoms with Gasteiger partial charge in [-0.2, -0.15) is 0 Å². The molecule has 0 spiro atoms. The Labute approximate surface area is 88.4 Å². The highest BCUT2D eigenvalue weighted by Gasteiger charge is 2.18. The van der Waals surface area contributed by atoms with Gasteiger partial charge in [-0.05, 0) is 24.6 Å². The molecule has 3 heteroatoms. The number of hydrogen-bond donors (Lipinski definition) is 1. The van der Waals surface area contributed by atoms with Gasteiger partial charge in [0.25, 0.3) is 0 Å². The number of ether oxygens (including phenoxy) is 1. The van der Waals surface area contributed by atoms with Gasteiger partial charge >= 0.3 is 0 Å². The Bertz CT molecular complexity index is 483. The summed E-state index contributed by atoms with van der Waals surface area (Å²) in [6.07, 6.45) is 3.21. The lowest BCUT2D eigenvalue weighted by Crippen LogP contribution is -2.06. The molecule has 1 unspecified atom stereocenters. The van der Waals surface area contributed by atoms with Crippen LogP contribution in [0.15, 0.2) is 30.5 Å². The lowest BCUT2D eigenvalue weighted by molar-refractivity contribution is 0.187. The molecule has 1 aliphatic rings. The van der Waals surface area contributed by atoms with Gasteiger partial charge in [0.2, 0.25) is 0 Å². The monoisotopic (exact) mass is 202 g/mol. The predicted molar refractivity (Wildman–Crippen MR) is 60.8 cm³/mol. The Kier molecular flexibility index (Phi) is 1.92. The molecule has 3 nitrogen and oxygen atoms in total. The molecule has 3 rings (SSSR count). The van der Waals surface area contributed by atoms with Crippen LogP contribution in [0.4, 0.5) is 5.69 Å². The third-order valence-corrected chi connectivity index (χ3v) is 3.10. The lowest BCUT2D eigenvalue weighted by Gasteiger charge is -2.11. The quantitative estimate of drug-likeness (QED) is 0.720. The average molecular weight is 202 g/mol. The topological polar surface area (TPSA) is 40.2 Å². The number of aromatic nitrogens is 1. The molecule has 2 N–H and O–H groups in total. The highest BCUT2D eigenvalue weighted by atomic mass is 16.5. The predicted octanol–water partition coefficient (Wildman–Crippen LogP) is 2.18. The molecule has 15 heavy (non-hydrogen) atoms. The molecule has 0 aliphatic carbocycles. The Balaban J connectivity index is 2.15. The van der Waals surface area contributed by atoms with Crippen LogP contribution in [-0.2, 0) is 4.74 Å². The second-order valence-corrected chi connectivity index (χ2v) is 4.02. The van der Waals surface area contributed by atoms with E-state index in [1.807, 2.05) is 12.1 Å². The molecule has 1 fully saturated rings. The Morgan fingerprint density at radius 2 is 2.27 bits per heavy atom. The van der Waals surface area contributed by atoms with Crippen molar-refractivity contribution < 1.29 is 4.74 Å². The molecule has 2 heterocycles. The molecule has 0 saturated carbocycles. The van der Waals surface area contributed by atoms with Crippen LogP contribution in [0.3, 0.4) is 0 Å². The van der Waals surface area contributed by atoms with Gasteiger partial charge in [0.1, 0.15) is 0 Å². The summed E-state index contributed by atoms with van der Waals surface area (Å²) in [7, 11) is 0. The maximum atomic E-state index is 5.92. The number of hydrogen-bond acceptors (Lipinski definition) is 2. The van der Waals surface area contributed by atoms with Crippen molar-refractivity contribution in [1.82, 2.24) is 4.57 Å². The summed E-state index contributed by atoms with van der Waals surface area (Å²) in [5.41, 5.74) is 7.99. The van der Waals surface area contributed by atoms with Crippen molar-refractivity contribution in [3.05, 3.63) is 30.5 Å². The van der Waals surface area contributed by atoms with Gasteiger partial charge < -0.3 is 15.0 Å². The standard InChI is InChI=1S/C12H14N2O/c13-11-2-1-3-12-10(11)4-6-14(12)9-5-7-15-8-9/h1-4,6,9H,5,7-8,13H2. The minimum absolute atomic E-state index is 0.476. The Hall–Kier alpha value is -1.48. The third kappa shape index (κ3) is 1.31. The number of nitrogen functional groups attached to an aromatic ring is 1. The maximum Gasteiger partial charge on any atom is 0.0674 e. The van der Waals surface area contributed by atoms with Gasteiger partial charge in [-0.15, -0.1) is 0 Å². The summed E-state index contributed by atoms with van der Waals surface area (Å²) in [6.45, 7) is 1.69. The SMILES string of the molecule is Nc1cccc2c1ccn2C1CCOC1. The fourth-order valence-corrected chi connectivity index (χ4v) is 2.27. The lowest BCUT2D eigenvalue weighted by atomic mass is 10.2. The summed E-state index contributed by atoms with van der Waals surface area (Å²) in [5, 5.41) is 1.14. The number of anilines is 1. The van der Waals surface area contributed by atoms with Crippen molar-refractivity contribution in [3.8, 4) is 0 Å². The average Bonchev–Trinajstić information content (AvgIpc) is 2.85. The molecule has 0 amide bonds. The fraction of sp³-hybridized carbons (Fsp3) is 0.333. The molecule has 0 bridgehead atoms. The van der Waals surface area contributed by atoms with E-state index < -0.39 is 0 Å². The van der Waals surface area contributed by atoms with Crippen molar-refractivity contribution in [2.24, 2.45) is 0 Å². The smallest absolute Gasteiger partial charge is 0.0674 e. The van der Waals surface area contributed by atoms with Crippen LogP contribution in [0, 0.1) is 0 Å². The van der Waals surface area contributed by atoms with E-state index in [0.29, 0.717) is 6.04 Å². The van der Waals surface area contributed by atoms with E-state index in [1.165, 1.54) is 5.52 Å². The second kappa shape index (κ2) is 3.28. The van der Waals surface area contributed by atoms with Crippen LogP contribution in [0.25, 0.3) is 10.9 Å². The van der Waals surface area contributed by atoms with Crippen LogP contribution in [0.1, 0.15) is 12.5 Å². The molecule has 1 saturated heterocycles. The van der Waals surface area contributed by atoms with Gasteiger partial charge in [0, 0.05) is 23.9 Å². The van der Waals surface area contributed by atoms with Crippen molar-refractivity contribution in [2.75, 3.05) is 18.9 Å². The van der Waals surface area contributed by atoms with Gasteiger partial charge in [-0.25, -0.2) is 0 Å². The first-order chi connectivity index (χ1) is 7.36. The highest BCUT2D eigenvalue weighted by molar-refractivity contribution is 5.91. The third-order valence-electron chi connectivity index (χ3n) is 3.10. The first-order valence-electron chi connectivity index (χ1n) is 5.29. The molecular weight excluding hydrogens is 188 g/mol.